The second kappa shape index (κ2) is 4.55. The van der Waals surface area contributed by atoms with Crippen LogP contribution in [0.4, 0.5) is 0 Å². The van der Waals surface area contributed by atoms with E-state index in [-0.39, 0.29) is 11.3 Å². The summed E-state index contributed by atoms with van der Waals surface area (Å²) in [6, 6.07) is 6.06. The molecule has 1 N–H and O–H groups in total. The van der Waals surface area contributed by atoms with E-state index in [4.69, 9.17) is 4.74 Å². The topological polar surface area (TPSA) is 38.3 Å². The Morgan fingerprint density at radius 2 is 2.25 bits per heavy atom. The number of methoxy groups -OCH3 is 1. The molecule has 88 valence electrons. The molecule has 0 saturated heterocycles. The second-order valence-electron chi connectivity index (χ2n) is 4.09. The van der Waals surface area contributed by atoms with Gasteiger partial charge in [0, 0.05) is 16.2 Å². The minimum Gasteiger partial charge on any atom is -0.497 e. The predicted molar refractivity (Wildman–Crippen MR) is 65.3 cm³/mol. The summed E-state index contributed by atoms with van der Waals surface area (Å²) >= 11 is 0. The highest BCUT2D eigenvalue weighted by atomic mass is 32.2. The highest BCUT2D eigenvalue weighted by Crippen LogP contribution is 2.35. The van der Waals surface area contributed by atoms with Gasteiger partial charge in [-0.2, -0.15) is 0 Å². The van der Waals surface area contributed by atoms with Crippen molar-refractivity contribution in [3.05, 3.63) is 23.8 Å². The lowest BCUT2D eigenvalue weighted by Crippen LogP contribution is -2.29. The quantitative estimate of drug-likeness (QED) is 0.856. The number of nitrogens with one attached hydrogen (secondary N) is 1. The molecule has 1 heterocycles. The molecule has 0 radical (unpaired) electrons. The summed E-state index contributed by atoms with van der Waals surface area (Å²) < 4.78 is 17.3. The molecule has 2 rings (SSSR count). The normalized spacial score (nSPS) is 28.6. The Bertz CT molecular complexity index is 419. The van der Waals surface area contributed by atoms with Crippen LogP contribution in [0.2, 0.25) is 0 Å². The third kappa shape index (κ3) is 1.87. The number of rotatable bonds is 2. The summed E-state index contributed by atoms with van der Waals surface area (Å²) in [7, 11) is 2.70. The Labute approximate surface area is 98.7 Å². The van der Waals surface area contributed by atoms with Gasteiger partial charge in [-0.15, -0.1) is 0 Å². The molecular formula is C12H17NO2S. The van der Waals surface area contributed by atoms with Crippen molar-refractivity contribution in [2.75, 3.05) is 14.2 Å². The lowest BCUT2D eigenvalue weighted by atomic mass is 10.0. The Hall–Kier alpha value is -0.870. The van der Waals surface area contributed by atoms with Crippen molar-refractivity contribution in [3.8, 4) is 5.75 Å². The zero-order chi connectivity index (χ0) is 11.7. The van der Waals surface area contributed by atoms with Crippen LogP contribution in [0.5, 0.6) is 5.75 Å². The molecule has 0 amide bonds. The van der Waals surface area contributed by atoms with Crippen LogP contribution in [0.1, 0.15) is 24.9 Å². The molecular weight excluding hydrogens is 222 g/mol. The fourth-order valence-electron chi connectivity index (χ4n) is 2.15. The molecule has 16 heavy (non-hydrogen) atoms. The third-order valence-electron chi connectivity index (χ3n) is 3.09. The van der Waals surface area contributed by atoms with Gasteiger partial charge in [-0.05, 0) is 37.2 Å². The van der Waals surface area contributed by atoms with E-state index in [1.807, 2.05) is 32.2 Å². The van der Waals surface area contributed by atoms with Crippen molar-refractivity contribution in [2.45, 2.75) is 29.5 Å². The maximum absolute atomic E-state index is 12.1. The number of hydrogen-bond acceptors (Lipinski definition) is 3. The molecule has 3 atom stereocenters. The van der Waals surface area contributed by atoms with E-state index in [0.717, 1.165) is 22.6 Å². The van der Waals surface area contributed by atoms with E-state index < -0.39 is 10.8 Å². The van der Waals surface area contributed by atoms with Gasteiger partial charge >= 0.3 is 0 Å². The minimum absolute atomic E-state index is 0.207. The van der Waals surface area contributed by atoms with Crippen LogP contribution in [0.3, 0.4) is 0 Å². The molecule has 3 unspecified atom stereocenters. The van der Waals surface area contributed by atoms with E-state index in [2.05, 4.69) is 5.32 Å². The predicted octanol–water partition coefficient (Wildman–Crippen LogP) is 1.86. The van der Waals surface area contributed by atoms with Crippen LogP contribution in [0.25, 0.3) is 0 Å². The Morgan fingerprint density at radius 3 is 2.88 bits per heavy atom. The average Bonchev–Trinajstić information content (AvgIpc) is 2.33. The standard InChI is InChI=1S/C12H17NO2S/c1-8-6-11(13-2)10-7-9(15-3)4-5-12(10)16(8)14/h4-5,7-8,11,13H,6H2,1-3H3. The molecule has 0 aromatic heterocycles. The molecule has 1 aromatic carbocycles. The first-order valence-electron chi connectivity index (χ1n) is 5.43. The summed E-state index contributed by atoms with van der Waals surface area (Å²) in [4.78, 5) is 0.943. The summed E-state index contributed by atoms with van der Waals surface area (Å²) in [5, 5.41) is 3.48. The Balaban J connectivity index is 2.50. The molecule has 0 fully saturated rings. The molecule has 0 saturated carbocycles. The van der Waals surface area contributed by atoms with Crippen LogP contribution in [0, 0.1) is 0 Å². The second-order valence-corrected chi connectivity index (χ2v) is 5.93. The first kappa shape index (κ1) is 11.6. The van der Waals surface area contributed by atoms with E-state index in [1.165, 1.54) is 0 Å². The molecule has 1 aliphatic heterocycles. The van der Waals surface area contributed by atoms with Crippen LogP contribution < -0.4 is 10.1 Å². The number of fused-ring (bicyclic) bond motifs is 1. The molecule has 1 aliphatic rings. The van der Waals surface area contributed by atoms with Gasteiger partial charge in [0.1, 0.15) is 5.75 Å². The third-order valence-corrected chi connectivity index (χ3v) is 4.82. The van der Waals surface area contributed by atoms with Gasteiger partial charge in [-0.25, -0.2) is 0 Å². The van der Waals surface area contributed by atoms with Crippen molar-refractivity contribution < 1.29 is 8.95 Å². The van der Waals surface area contributed by atoms with E-state index in [9.17, 15) is 4.21 Å². The van der Waals surface area contributed by atoms with Crippen LogP contribution >= 0.6 is 0 Å². The summed E-state index contributed by atoms with van der Waals surface area (Å²) in [6.45, 7) is 2.04. The van der Waals surface area contributed by atoms with Gasteiger partial charge in [0.15, 0.2) is 0 Å². The van der Waals surface area contributed by atoms with Gasteiger partial charge in [0.2, 0.25) is 0 Å². The molecule has 1 aromatic rings. The fourth-order valence-corrected chi connectivity index (χ4v) is 3.58. The SMILES string of the molecule is CNC1CC(C)S(=O)c2ccc(OC)cc21. The van der Waals surface area contributed by atoms with Crippen molar-refractivity contribution >= 4 is 10.8 Å². The highest BCUT2D eigenvalue weighted by molar-refractivity contribution is 7.85. The van der Waals surface area contributed by atoms with Crippen molar-refractivity contribution in [3.63, 3.8) is 0 Å². The smallest absolute Gasteiger partial charge is 0.119 e. The zero-order valence-electron chi connectivity index (χ0n) is 9.82. The molecule has 4 heteroatoms. The van der Waals surface area contributed by atoms with Gasteiger partial charge in [-0.1, -0.05) is 6.92 Å². The van der Waals surface area contributed by atoms with Gasteiger partial charge in [-0.3, -0.25) is 4.21 Å². The van der Waals surface area contributed by atoms with Crippen LogP contribution in [0.15, 0.2) is 23.1 Å². The summed E-state index contributed by atoms with van der Waals surface area (Å²) in [5.74, 6) is 0.825. The lowest BCUT2D eigenvalue weighted by molar-refractivity contribution is 0.411. The molecule has 0 spiro atoms. The van der Waals surface area contributed by atoms with Gasteiger partial charge in [0.05, 0.1) is 17.9 Å². The maximum Gasteiger partial charge on any atom is 0.119 e. The van der Waals surface area contributed by atoms with Crippen molar-refractivity contribution in [1.82, 2.24) is 5.32 Å². The van der Waals surface area contributed by atoms with E-state index in [1.54, 1.807) is 7.11 Å². The van der Waals surface area contributed by atoms with Gasteiger partial charge in [0.25, 0.3) is 0 Å². The van der Waals surface area contributed by atoms with Crippen molar-refractivity contribution in [1.29, 1.82) is 0 Å². The highest BCUT2D eigenvalue weighted by Gasteiger charge is 2.29. The van der Waals surface area contributed by atoms with Gasteiger partial charge < -0.3 is 10.1 Å². The maximum atomic E-state index is 12.1. The zero-order valence-corrected chi connectivity index (χ0v) is 10.6. The molecule has 3 nitrogen and oxygen atoms in total. The number of ether oxygens (including phenoxy) is 1. The van der Waals surface area contributed by atoms with E-state index >= 15 is 0 Å². The first-order chi connectivity index (χ1) is 7.67. The van der Waals surface area contributed by atoms with Crippen LogP contribution in [-0.2, 0) is 10.8 Å². The molecule has 0 aliphatic carbocycles. The average molecular weight is 239 g/mol. The largest absolute Gasteiger partial charge is 0.497 e. The van der Waals surface area contributed by atoms with Crippen molar-refractivity contribution in [2.24, 2.45) is 0 Å². The molecule has 0 bridgehead atoms. The first-order valence-corrected chi connectivity index (χ1v) is 6.64. The number of hydrogen-bond donors (Lipinski definition) is 1. The Kier molecular flexibility index (Phi) is 3.30. The fraction of sp³-hybridized carbons (Fsp3) is 0.500. The Morgan fingerprint density at radius 1 is 1.50 bits per heavy atom. The summed E-state index contributed by atoms with van der Waals surface area (Å²) in [5.41, 5.74) is 1.11. The van der Waals surface area contributed by atoms with E-state index in [0.29, 0.717) is 0 Å². The number of benzene rings is 1. The monoisotopic (exact) mass is 239 g/mol. The summed E-state index contributed by atoms with van der Waals surface area (Å²) in [6.07, 6.45) is 0.906. The minimum atomic E-state index is -0.888. The lowest BCUT2D eigenvalue weighted by Gasteiger charge is -2.29. The van der Waals surface area contributed by atoms with Crippen LogP contribution in [-0.4, -0.2) is 23.6 Å².